The average molecular weight is 340 g/mol. The maximum absolute atomic E-state index is 12.2. The van der Waals surface area contributed by atoms with E-state index in [2.05, 4.69) is 26.8 Å². The summed E-state index contributed by atoms with van der Waals surface area (Å²) in [7, 11) is 2.03. The average Bonchev–Trinajstić information content (AvgIpc) is 3.21. The van der Waals surface area contributed by atoms with Crippen LogP contribution in [0.15, 0.2) is 18.6 Å². The van der Waals surface area contributed by atoms with Gasteiger partial charge in [0, 0.05) is 31.9 Å². The lowest BCUT2D eigenvalue weighted by molar-refractivity contribution is -0.133. The lowest BCUT2D eigenvalue weighted by Crippen LogP contribution is -2.45. The minimum absolute atomic E-state index is 0.0259. The predicted molar refractivity (Wildman–Crippen MR) is 96.0 cm³/mol. The van der Waals surface area contributed by atoms with E-state index < -0.39 is 0 Å². The summed E-state index contributed by atoms with van der Waals surface area (Å²) in [5.74, 6) is 0.876. The van der Waals surface area contributed by atoms with Crippen molar-refractivity contribution in [1.82, 2.24) is 19.9 Å². The molecule has 0 aliphatic carbocycles. The summed E-state index contributed by atoms with van der Waals surface area (Å²) in [6, 6.07) is 3.96. The minimum Gasteiger partial charge on any atom is -0.359 e. The highest BCUT2D eigenvalue weighted by atomic mass is 16.2. The van der Waals surface area contributed by atoms with Crippen molar-refractivity contribution >= 4 is 22.8 Å². The van der Waals surface area contributed by atoms with E-state index in [4.69, 9.17) is 5.26 Å². The standard InChI is InChI=1S/C18H24N6O/c1-18(8-4-12-24(18)15(25)5-9-19)7-3-11-23(2)17-14-6-10-20-16(14)21-13-22-17/h6,10,13H,3-5,7-8,11-12H2,1-2H3,(H,20,21,22)/t18-/m0/s1. The number of anilines is 1. The monoisotopic (exact) mass is 340 g/mol. The van der Waals surface area contributed by atoms with Crippen molar-refractivity contribution in [3.05, 3.63) is 18.6 Å². The van der Waals surface area contributed by atoms with Gasteiger partial charge in [0.05, 0.1) is 11.5 Å². The quantitative estimate of drug-likeness (QED) is 0.872. The van der Waals surface area contributed by atoms with E-state index in [1.54, 1.807) is 6.33 Å². The van der Waals surface area contributed by atoms with Crippen molar-refractivity contribution in [2.75, 3.05) is 25.0 Å². The molecule has 1 aliphatic heterocycles. The Bertz CT molecular complexity index is 794. The molecule has 1 amide bonds. The summed E-state index contributed by atoms with van der Waals surface area (Å²) in [5, 5.41) is 9.81. The number of fused-ring (bicyclic) bond motifs is 1. The third kappa shape index (κ3) is 3.43. The van der Waals surface area contributed by atoms with Gasteiger partial charge in [-0.15, -0.1) is 0 Å². The van der Waals surface area contributed by atoms with Crippen LogP contribution in [0.3, 0.4) is 0 Å². The first kappa shape index (κ1) is 17.2. The maximum atomic E-state index is 12.2. The van der Waals surface area contributed by atoms with Gasteiger partial charge >= 0.3 is 0 Å². The Labute approximate surface area is 147 Å². The SMILES string of the molecule is CN(CCC[C@@]1(C)CCCN1C(=O)CC#N)c1ncnc2[nH]ccc12. The topological polar surface area (TPSA) is 88.9 Å². The Morgan fingerprint density at radius 1 is 1.52 bits per heavy atom. The summed E-state index contributed by atoms with van der Waals surface area (Å²) in [5.41, 5.74) is 0.706. The van der Waals surface area contributed by atoms with E-state index in [-0.39, 0.29) is 17.9 Å². The van der Waals surface area contributed by atoms with Crippen LogP contribution in [0.25, 0.3) is 11.0 Å². The van der Waals surface area contributed by atoms with Crippen LogP contribution in [0.1, 0.15) is 39.0 Å². The van der Waals surface area contributed by atoms with E-state index in [1.807, 2.05) is 30.3 Å². The van der Waals surface area contributed by atoms with Crippen molar-refractivity contribution in [3.8, 4) is 6.07 Å². The van der Waals surface area contributed by atoms with Crippen LogP contribution < -0.4 is 4.90 Å². The highest BCUT2D eigenvalue weighted by Crippen LogP contribution is 2.34. The number of nitriles is 1. The summed E-state index contributed by atoms with van der Waals surface area (Å²) in [6.45, 7) is 3.76. The van der Waals surface area contributed by atoms with Crippen molar-refractivity contribution < 1.29 is 4.79 Å². The van der Waals surface area contributed by atoms with Gasteiger partial charge in [0.15, 0.2) is 0 Å². The molecule has 0 radical (unpaired) electrons. The normalized spacial score (nSPS) is 20.0. The van der Waals surface area contributed by atoms with Crippen molar-refractivity contribution in [2.45, 2.75) is 44.6 Å². The number of likely N-dealkylation sites (tertiary alicyclic amines) is 1. The molecule has 7 heteroatoms. The molecule has 0 aromatic carbocycles. The van der Waals surface area contributed by atoms with Crippen LogP contribution in [0.2, 0.25) is 0 Å². The van der Waals surface area contributed by atoms with Crippen LogP contribution >= 0.6 is 0 Å². The molecule has 1 N–H and O–H groups in total. The number of hydrogen-bond acceptors (Lipinski definition) is 5. The van der Waals surface area contributed by atoms with Gasteiger partial charge in [-0.05, 0) is 38.7 Å². The molecule has 132 valence electrons. The number of rotatable bonds is 6. The molecule has 0 bridgehead atoms. The van der Waals surface area contributed by atoms with Gasteiger partial charge < -0.3 is 14.8 Å². The molecule has 2 aromatic heterocycles. The Kier molecular flexibility index (Phi) is 4.88. The number of amides is 1. The fourth-order valence-corrected chi connectivity index (χ4v) is 3.84. The van der Waals surface area contributed by atoms with E-state index >= 15 is 0 Å². The molecule has 7 nitrogen and oxygen atoms in total. The number of aromatic amines is 1. The first-order valence-corrected chi connectivity index (χ1v) is 8.72. The molecule has 1 atom stereocenters. The molecule has 25 heavy (non-hydrogen) atoms. The molecule has 2 aromatic rings. The van der Waals surface area contributed by atoms with Gasteiger partial charge in [0.25, 0.3) is 0 Å². The van der Waals surface area contributed by atoms with E-state index in [1.165, 1.54) is 0 Å². The second-order valence-electron chi connectivity index (χ2n) is 6.94. The fourth-order valence-electron chi connectivity index (χ4n) is 3.84. The molecule has 1 fully saturated rings. The van der Waals surface area contributed by atoms with Crippen molar-refractivity contribution in [3.63, 3.8) is 0 Å². The van der Waals surface area contributed by atoms with Crippen molar-refractivity contribution in [1.29, 1.82) is 5.26 Å². The highest BCUT2D eigenvalue weighted by molar-refractivity contribution is 5.87. The molecule has 0 saturated carbocycles. The zero-order valence-corrected chi connectivity index (χ0v) is 14.8. The number of nitrogens with zero attached hydrogens (tertiary/aromatic N) is 5. The minimum atomic E-state index is -0.135. The fraction of sp³-hybridized carbons (Fsp3) is 0.556. The van der Waals surface area contributed by atoms with Gasteiger partial charge in [0.2, 0.25) is 5.91 Å². The Morgan fingerprint density at radius 2 is 2.36 bits per heavy atom. The largest absolute Gasteiger partial charge is 0.359 e. The molecular weight excluding hydrogens is 316 g/mol. The number of carbonyl (C=O) groups is 1. The first-order chi connectivity index (χ1) is 12.0. The number of nitrogens with one attached hydrogen (secondary N) is 1. The highest BCUT2D eigenvalue weighted by Gasteiger charge is 2.38. The van der Waals surface area contributed by atoms with Gasteiger partial charge in [-0.3, -0.25) is 4.79 Å². The molecule has 1 saturated heterocycles. The van der Waals surface area contributed by atoms with Crippen LogP contribution in [-0.2, 0) is 4.79 Å². The van der Waals surface area contributed by atoms with E-state index in [9.17, 15) is 4.79 Å². The molecule has 0 unspecified atom stereocenters. The smallest absolute Gasteiger partial charge is 0.237 e. The van der Waals surface area contributed by atoms with Crippen molar-refractivity contribution in [2.24, 2.45) is 0 Å². The second kappa shape index (κ2) is 7.09. The number of H-pyrrole nitrogens is 1. The summed E-state index contributed by atoms with van der Waals surface area (Å²) in [4.78, 5) is 27.9. The predicted octanol–water partition coefficient (Wildman–Crippen LogP) is 2.47. The number of aromatic nitrogens is 3. The Morgan fingerprint density at radius 3 is 3.16 bits per heavy atom. The van der Waals surface area contributed by atoms with E-state index in [0.717, 1.165) is 55.6 Å². The van der Waals surface area contributed by atoms with Crippen LogP contribution in [0.5, 0.6) is 0 Å². The lowest BCUT2D eigenvalue weighted by atomic mass is 9.92. The maximum Gasteiger partial charge on any atom is 0.237 e. The number of carbonyl (C=O) groups excluding carboxylic acids is 1. The first-order valence-electron chi connectivity index (χ1n) is 8.72. The number of hydrogen-bond donors (Lipinski definition) is 1. The van der Waals surface area contributed by atoms with Crippen LogP contribution in [0, 0.1) is 11.3 Å². The summed E-state index contributed by atoms with van der Waals surface area (Å²) in [6.07, 6.45) is 7.32. The zero-order chi connectivity index (χ0) is 17.9. The molecule has 3 heterocycles. The van der Waals surface area contributed by atoms with Crippen LogP contribution in [-0.4, -0.2) is 51.4 Å². The molecular formula is C18H24N6O. The van der Waals surface area contributed by atoms with Gasteiger partial charge in [-0.2, -0.15) is 5.26 Å². The summed E-state index contributed by atoms with van der Waals surface area (Å²) >= 11 is 0. The van der Waals surface area contributed by atoms with Gasteiger partial charge in [-0.25, -0.2) is 9.97 Å². The van der Waals surface area contributed by atoms with Gasteiger partial charge in [-0.1, -0.05) is 0 Å². The lowest BCUT2D eigenvalue weighted by Gasteiger charge is -2.35. The zero-order valence-electron chi connectivity index (χ0n) is 14.8. The molecule has 3 rings (SSSR count). The Balaban J connectivity index is 1.61. The second-order valence-corrected chi connectivity index (χ2v) is 6.94. The van der Waals surface area contributed by atoms with E-state index in [0.29, 0.717) is 0 Å². The van der Waals surface area contributed by atoms with Gasteiger partial charge in [0.1, 0.15) is 24.2 Å². The Hall–Kier alpha value is -2.62. The summed E-state index contributed by atoms with van der Waals surface area (Å²) < 4.78 is 0. The molecule has 1 aliphatic rings. The third-order valence-corrected chi connectivity index (χ3v) is 5.18. The van der Waals surface area contributed by atoms with Crippen LogP contribution in [0.4, 0.5) is 5.82 Å². The third-order valence-electron chi connectivity index (χ3n) is 5.18. The molecule has 0 spiro atoms.